The molecule has 0 saturated heterocycles. The van der Waals surface area contributed by atoms with Gasteiger partial charge in [0.2, 0.25) is 11.7 Å². The topological polar surface area (TPSA) is 64.7 Å². The second-order valence-corrected chi connectivity index (χ2v) is 7.77. The number of ether oxygens (including phenoxy) is 1. The van der Waals surface area contributed by atoms with Crippen molar-refractivity contribution >= 4 is 23.3 Å². The minimum atomic E-state index is -1.03. The summed E-state index contributed by atoms with van der Waals surface area (Å²) < 4.78 is 5.89. The second kappa shape index (κ2) is 6.85. The zero-order valence-corrected chi connectivity index (χ0v) is 15.9. The van der Waals surface area contributed by atoms with Crippen molar-refractivity contribution in [1.82, 2.24) is 0 Å². The fraction of sp³-hybridized carbons (Fsp3) is 0.579. The Bertz CT molecular complexity index is 651. The molecule has 1 aliphatic heterocycles. The first kappa shape index (κ1) is 18.9. The monoisotopic (exact) mass is 350 g/mol. The first-order valence-corrected chi connectivity index (χ1v) is 8.86. The lowest BCUT2D eigenvalue weighted by Crippen LogP contribution is -2.54. The van der Waals surface area contributed by atoms with Gasteiger partial charge in [-0.2, -0.15) is 0 Å². The molecule has 1 heterocycles. The van der Waals surface area contributed by atoms with Gasteiger partial charge in [-0.3, -0.25) is 4.79 Å². The number of rotatable bonds is 4. The Kier molecular flexibility index (Phi) is 5.41. The molecule has 5 heteroatoms. The van der Waals surface area contributed by atoms with Gasteiger partial charge in [0.25, 0.3) is 0 Å². The van der Waals surface area contributed by atoms with Crippen LogP contribution < -0.4 is 5.73 Å². The summed E-state index contributed by atoms with van der Waals surface area (Å²) in [5.74, 6) is 0.390. The molecule has 1 aliphatic rings. The van der Waals surface area contributed by atoms with Crippen LogP contribution in [0.3, 0.4) is 0 Å². The van der Waals surface area contributed by atoms with Crippen LogP contribution in [0.4, 0.5) is 0 Å². The van der Waals surface area contributed by atoms with Crippen LogP contribution in [-0.2, 0) is 15.1 Å². The van der Waals surface area contributed by atoms with E-state index in [2.05, 4.69) is 0 Å². The van der Waals surface area contributed by atoms with Crippen molar-refractivity contribution in [3.05, 3.63) is 34.9 Å². The summed E-state index contributed by atoms with van der Waals surface area (Å²) in [6.45, 7) is 9.97. The van der Waals surface area contributed by atoms with Crippen molar-refractivity contribution in [3.8, 4) is 0 Å². The third-order valence-corrected chi connectivity index (χ3v) is 4.99. The number of hydrogen-bond acceptors (Lipinski definition) is 4. The van der Waals surface area contributed by atoms with E-state index in [1.165, 1.54) is 0 Å². The van der Waals surface area contributed by atoms with Crippen LogP contribution in [-0.4, -0.2) is 23.8 Å². The molecule has 0 fully saturated rings. The highest BCUT2D eigenvalue weighted by Gasteiger charge is 2.49. The average molecular weight is 351 g/mol. The summed E-state index contributed by atoms with van der Waals surface area (Å²) in [6, 6.07) is 6.99. The minimum absolute atomic E-state index is 0.0505. The Balaban J connectivity index is 2.66. The van der Waals surface area contributed by atoms with Gasteiger partial charge in [0, 0.05) is 10.6 Å². The Morgan fingerprint density at radius 2 is 1.96 bits per heavy atom. The molecule has 1 aromatic carbocycles. The van der Waals surface area contributed by atoms with Crippen molar-refractivity contribution in [2.45, 2.75) is 65.1 Å². The van der Waals surface area contributed by atoms with Gasteiger partial charge in [0.05, 0.1) is 6.04 Å². The largest absolute Gasteiger partial charge is 0.468 e. The van der Waals surface area contributed by atoms with Crippen LogP contribution in [0, 0.1) is 5.41 Å². The molecule has 1 aromatic rings. The fourth-order valence-corrected chi connectivity index (χ4v) is 3.24. The molecule has 3 atom stereocenters. The molecule has 4 nitrogen and oxygen atoms in total. The average Bonchev–Trinajstić information content (AvgIpc) is 2.54. The van der Waals surface area contributed by atoms with E-state index in [0.29, 0.717) is 23.8 Å². The maximum absolute atomic E-state index is 13.1. The molecule has 0 aliphatic carbocycles. The van der Waals surface area contributed by atoms with Gasteiger partial charge in [-0.15, -0.1) is 0 Å². The Morgan fingerprint density at radius 3 is 2.46 bits per heavy atom. The molecule has 0 amide bonds. The molecule has 132 valence electrons. The predicted molar refractivity (Wildman–Crippen MR) is 98.5 cm³/mol. The number of carbonyl (C=O) groups excluding carboxylic acids is 1. The second-order valence-electron chi connectivity index (χ2n) is 7.37. The quantitative estimate of drug-likeness (QED) is 0.889. The van der Waals surface area contributed by atoms with Gasteiger partial charge in [0.1, 0.15) is 0 Å². The number of nitrogens with zero attached hydrogens (tertiary/aromatic N) is 1. The summed E-state index contributed by atoms with van der Waals surface area (Å²) in [4.78, 5) is 17.9. The zero-order chi connectivity index (χ0) is 18.1. The highest BCUT2D eigenvalue weighted by molar-refractivity contribution is 6.32. The van der Waals surface area contributed by atoms with Crippen LogP contribution in [0.2, 0.25) is 5.02 Å². The van der Waals surface area contributed by atoms with E-state index < -0.39 is 17.7 Å². The van der Waals surface area contributed by atoms with Gasteiger partial charge in [-0.05, 0) is 24.3 Å². The van der Waals surface area contributed by atoms with Gasteiger partial charge in [0.15, 0.2) is 11.6 Å². The first-order valence-electron chi connectivity index (χ1n) is 8.48. The lowest BCUT2D eigenvalue weighted by Gasteiger charge is -2.40. The van der Waals surface area contributed by atoms with Crippen LogP contribution in [0.25, 0.3) is 0 Å². The summed E-state index contributed by atoms with van der Waals surface area (Å²) in [5, 5.41) is 0.539. The van der Waals surface area contributed by atoms with E-state index >= 15 is 0 Å². The van der Waals surface area contributed by atoms with E-state index in [1.54, 1.807) is 6.07 Å². The Hall–Kier alpha value is -1.39. The Labute approximate surface area is 149 Å². The third-order valence-electron chi connectivity index (χ3n) is 4.67. The first-order chi connectivity index (χ1) is 11.2. The number of nitrogens with two attached hydrogens (primary N) is 1. The highest BCUT2D eigenvalue weighted by atomic mass is 35.5. The summed E-state index contributed by atoms with van der Waals surface area (Å²) >= 11 is 6.41. The number of carbonyl (C=O) groups is 1. The van der Waals surface area contributed by atoms with E-state index in [4.69, 9.17) is 27.1 Å². The number of ketones is 1. The predicted octanol–water partition coefficient (Wildman–Crippen LogP) is 4.10. The molecule has 0 radical (unpaired) electrons. The molecule has 0 bridgehead atoms. The molecular formula is C19H27ClN2O2. The molecule has 0 spiro atoms. The maximum atomic E-state index is 13.1. The van der Waals surface area contributed by atoms with Crippen LogP contribution in [0.15, 0.2) is 29.3 Å². The molecule has 2 N–H and O–H groups in total. The Morgan fingerprint density at radius 1 is 1.33 bits per heavy atom. The minimum Gasteiger partial charge on any atom is -0.468 e. The molecule has 0 saturated carbocycles. The van der Waals surface area contributed by atoms with E-state index in [1.807, 2.05) is 52.8 Å². The third kappa shape index (κ3) is 3.22. The summed E-state index contributed by atoms with van der Waals surface area (Å²) in [5.41, 5.74) is 5.84. The van der Waals surface area contributed by atoms with Crippen molar-refractivity contribution in [2.24, 2.45) is 16.1 Å². The van der Waals surface area contributed by atoms with Gasteiger partial charge < -0.3 is 10.5 Å². The highest BCUT2D eigenvalue weighted by Crippen LogP contribution is 2.40. The van der Waals surface area contributed by atoms with Gasteiger partial charge >= 0.3 is 0 Å². The molecule has 3 unspecified atom stereocenters. The van der Waals surface area contributed by atoms with Crippen molar-refractivity contribution < 1.29 is 9.53 Å². The van der Waals surface area contributed by atoms with Crippen LogP contribution in [0.5, 0.6) is 0 Å². The molecule has 24 heavy (non-hydrogen) atoms. The van der Waals surface area contributed by atoms with Gasteiger partial charge in [-0.25, -0.2) is 4.99 Å². The fourth-order valence-electron chi connectivity index (χ4n) is 2.95. The smallest absolute Gasteiger partial charge is 0.205 e. The lowest BCUT2D eigenvalue weighted by molar-refractivity contribution is -0.134. The van der Waals surface area contributed by atoms with Crippen molar-refractivity contribution in [1.29, 1.82) is 0 Å². The molecule has 0 aromatic heterocycles. The normalized spacial score (nSPS) is 25.9. The molecule has 2 rings (SSSR count). The van der Waals surface area contributed by atoms with Crippen molar-refractivity contribution in [2.75, 3.05) is 0 Å². The number of halogens is 1. The SMILES string of the molecule is CCC1OC(C(N)C(C)(C)C)=NC(CC)(c2ccccc2Cl)C1=O. The number of benzene rings is 1. The number of aliphatic imine (C=N–C) groups is 1. The zero-order valence-electron chi connectivity index (χ0n) is 15.1. The van der Waals surface area contributed by atoms with E-state index in [0.717, 1.165) is 5.56 Å². The summed E-state index contributed by atoms with van der Waals surface area (Å²) in [7, 11) is 0. The lowest BCUT2D eigenvalue weighted by atomic mass is 9.79. The number of Topliss-reactive ketones (excluding diaryl/α,β-unsaturated/α-hetero) is 1. The van der Waals surface area contributed by atoms with Crippen LogP contribution in [0.1, 0.15) is 53.0 Å². The standard InChI is InChI=1S/C19H27ClN2O2/c1-6-14-16(23)19(7-2,12-10-8-9-11-13(12)20)22-17(24-14)15(21)18(3,4)5/h8-11,14-15H,6-7,21H2,1-5H3. The van der Waals surface area contributed by atoms with E-state index in [-0.39, 0.29) is 11.2 Å². The number of hydrogen-bond donors (Lipinski definition) is 1. The van der Waals surface area contributed by atoms with Gasteiger partial charge in [-0.1, -0.05) is 64.4 Å². The van der Waals surface area contributed by atoms with E-state index in [9.17, 15) is 4.79 Å². The van der Waals surface area contributed by atoms with Crippen molar-refractivity contribution in [3.63, 3.8) is 0 Å². The molecular weight excluding hydrogens is 324 g/mol. The van der Waals surface area contributed by atoms with Crippen LogP contribution >= 0.6 is 11.6 Å². The summed E-state index contributed by atoms with van der Waals surface area (Å²) in [6.07, 6.45) is 0.526. The maximum Gasteiger partial charge on any atom is 0.205 e.